The molecular weight excluding hydrogens is 212 g/mol. The van der Waals surface area contributed by atoms with Crippen molar-refractivity contribution in [2.75, 3.05) is 0 Å². The molecule has 0 aliphatic carbocycles. The van der Waals surface area contributed by atoms with Gasteiger partial charge in [0.15, 0.2) is 0 Å². The van der Waals surface area contributed by atoms with Gasteiger partial charge in [0.2, 0.25) is 0 Å². The zero-order valence-electron chi connectivity index (χ0n) is 9.27. The average Bonchev–Trinajstić information content (AvgIpc) is 2.31. The molecular formula is C13H16Si2. The summed E-state index contributed by atoms with van der Waals surface area (Å²) in [5.41, 5.74) is 0. The van der Waals surface area contributed by atoms with E-state index in [9.17, 15) is 0 Å². The van der Waals surface area contributed by atoms with Crippen LogP contribution in [-0.4, -0.2) is 17.4 Å². The molecule has 0 aliphatic heterocycles. The fraction of sp³-hybridized carbons (Fsp3) is 0.0769. The van der Waals surface area contributed by atoms with Crippen LogP contribution in [0.1, 0.15) is 0 Å². The summed E-state index contributed by atoms with van der Waals surface area (Å²) in [5.74, 6) is 0. The summed E-state index contributed by atoms with van der Waals surface area (Å²) in [6.45, 7) is 2.46. The lowest BCUT2D eigenvalue weighted by molar-refractivity contribution is 1.71. The molecule has 0 atom stereocenters. The summed E-state index contributed by atoms with van der Waals surface area (Å²) in [7, 11) is -0.0544. The van der Waals surface area contributed by atoms with Crippen LogP contribution < -0.4 is 10.4 Å². The zero-order chi connectivity index (χ0) is 10.7. The molecule has 0 saturated heterocycles. The molecule has 0 nitrogen and oxygen atoms in total. The van der Waals surface area contributed by atoms with Gasteiger partial charge in [-0.25, -0.2) is 0 Å². The molecule has 2 aromatic rings. The normalized spacial score (nSPS) is 11.5. The second-order valence-electron chi connectivity index (χ2n) is 4.36. The molecule has 0 fully saturated rings. The molecule has 0 bridgehead atoms. The SMILES string of the molecule is C[Si]([SiH3])(c1ccccc1)c1ccccc1. The first kappa shape index (κ1) is 10.4. The van der Waals surface area contributed by atoms with E-state index in [0.29, 0.717) is 0 Å². The van der Waals surface area contributed by atoms with E-state index < -0.39 is 7.59 Å². The van der Waals surface area contributed by atoms with Crippen molar-refractivity contribution in [3.05, 3.63) is 60.7 Å². The third-order valence-electron chi connectivity index (χ3n) is 2.99. The van der Waals surface area contributed by atoms with E-state index in [1.807, 2.05) is 0 Å². The first-order valence-corrected chi connectivity index (χ1v) is 11.3. The van der Waals surface area contributed by atoms with Crippen molar-refractivity contribution < 1.29 is 0 Å². The Labute approximate surface area is 95.2 Å². The molecule has 0 N–H and O–H groups in total. The highest BCUT2D eigenvalue weighted by Gasteiger charge is 2.24. The molecule has 76 valence electrons. The Balaban J connectivity index is 2.44. The van der Waals surface area contributed by atoms with E-state index in [0.717, 1.165) is 0 Å². The molecule has 2 rings (SSSR count). The molecule has 0 saturated carbocycles. The zero-order valence-corrected chi connectivity index (χ0v) is 12.3. The van der Waals surface area contributed by atoms with E-state index in [4.69, 9.17) is 0 Å². The van der Waals surface area contributed by atoms with Gasteiger partial charge in [0.25, 0.3) is 0 Å². The predicted molar refractivity (Wildman–Crippen MR) is 73.7 cm³/mol. The largest absolute Gasteiger partial charge is 0.0966 e. The smallest absolute Gasteiger partial charge is 0.0642 e. The minimum Gasteiger partial charge on any atom is -0.0642 e. The third kappa shape index (κ3) is 2.11. The van der Waals surface area contributed by atoms with Crippen molar-refractivity contribution in [1.82, 2.24) is 0 Å². The average molecular weight is 228 g/mol. The van der Waals surface area contributed by atoms with Gasteiger partial charge in [-0.2, -0.15) is 0 Å². The van der Waals surface area contributed by atoms with Gasteiger partial charge in [-0.3, -0.25) is 0 Å². The summed E-state index contributed by atoms with van der Waals surface area (Å²) in [4.78, 5) is 0. The van der Waals surface area contributed by atoms with Gasteiger partial charge in [-0.15, -0.1) is 0 Å². The third-order valence-corrected chi connectivity index (χ3v) is 10.0. The standard InChI is InChI=1S/C13H16Si2/c1-15(14,12-8-4-2-5-9-12)13-10-6-3-7-11-13/h2-11H,1,14H3. The highest BCUT2D eigenvalue weighted by molar-refractivity contribution is 7.31. The fourth-order valence-electron chi connectivity index (χ4n) is 1.88. The van der Waals surface area contributed by atoms with Crippen molar-refractivity contribution >= 4 is 27.7 Å². The number of hydrogen-bond acceptors (Lipinski definition) is 0. The van der Waals surface area contributed by atoms with Gasteiger partial charge in [0.05, 0.1) is 7.59 Å². The van der Waals surface area contributed by atoms with E-state index >= 15 is 0 Å². The molecule has 15 heavy (non-hydrogen) atoms. The van der Waals surface area contributed by atoms with Crippen LogP contribution in [0.5, 0.6) is 0 Å². The van der Waals surface area contributed by atoms with Crippen molar-refractivity contribution in [2.45, 2.75) is 6.55 Å². The van der Waals surface area contributed by atoms with Crippen LogP contribution in [0, 0.1) is 0 Å². The van der Waals surface area contributed by atoms with Gasteiger partial charge in [-0.05, 0) is 0 Å². The van der Waals surface area contributed by atoms with Crippen molar-refractivity contribution in [2.24, 2.45) is 0 Å². The highest BCUT2D eigenvalue weighted by Crippen LogP contribution is 2.00. The second kappa shape index (κ2) is 4.17. The van der Waals surface area contributed by atoms with Crippen molar-refractivity contribution in [1.29, 1.82) is 0 Å². The lowest BCUT2D eigenvalue weighted by Crippen LogP contribution is -2.56. The van der Waals surface area contributed by atoms with Crippen LogP contribution in [0.15, 0.2) is 60.7 Å². The lowest BCUT2D eigenvalue weighted by Gasteiger charge is -2.23. The Morgan fingerprint density at radius 3 is 1.40 bits per heavy atom. The van der Waals surface area contributed by atoms with E-state index in [-0.39, 0.29) is 0 Å². The first-order chi connectivity index (χ1) is 7.21. The Hall–Kier alpha value is -1.13. The molecule has 0 aliphatic rings. The van der Waals surface area contributed by atoms with Crippen LogP contribution in [0.4, 0.5) is 0 Å². The predicted octanol–water partition coefficient (Wildman–Crippen LogP) is 0.742. The minimum atomic E-state index is -1.32. The quantitative estimate of drug-likeness (QED) is 0.665. The van der Waals surface area contributed by atoms with Crippen LogP contribution in [0.25, 0.3) is 0 Å². The molecule has 0 amide bonds. The summed E-state index contributed by atoms with van der Waals surface area (Å²) in [6.07, 6.45) is 0. The Morgan fingerprint density at radius 1 is 0.733 bits per heavy atom. The molecule has 0 aromatic heterocycles. The van der Waals surface area contributed by atoms with E-state index in [1.54, 1.807) is 10.4 Å². The molecule has 2 aromatic carbocycles. The minimum absolute atomic E-state index is 1.26. The number of hydrogen-bond donors (Lipinski definition) is 0. The monoisotopic (exact) mass is 228 g/mol. The van der Waals surface area contributed by atoms with Crippen molar-refractivity contribution in [3.8, 4) is 0 Å². The Kier molecular flexibility index (Phi) is 2.89. The van der Waals surface area contributed by atoms with Crippen LogP contribution in [-0.2, 0) is 0 Å². The summed E-state index contributed by atoms with van der Waals surface area (Å²) in [5, 5.41) is 3.12. The van der Waals surface area contributed by atoms with Gasteiger partial charge >= 0.3 is 0 Å². The highest BCUT2D eigenvalue weighted by atomic mass is 29.2. The Bertz CT molecular complexity index is 379. The molecule has 0 heterocycles. The van der Waals surface area contributed by atoms with Gasteiger partial charge < -0.3 is 0 Å². The van der Waals surface area contributed by atoms with Gasteiger partial charge in [-0.1, -0.05) is 77.6 Å². The summed E-state index contributed by atoms with van der Waals surface area (Å²) >= 11 is 0. The number of benzene rings is 2. The van der Waals surface area contributed by atoms with Crippen LogP contribution >= 0.6 is 0 Å². The van der Waals surface area contributed by atoms with E-state index in [1.165, 1.54) is 9.76 Å². The molecule has 0 spiro atoms. The van der Waals surface area contributed by atoms with E-state index in [2.05, 4.69) is 67.2 Å². The van der Waals surface area contributed by atoms with Gasteiger partial charge in [0.1, 0.15) is 0 Å². The molecule has 0 radical (unpaired) electrons. The maximum Gasteiger partial charge on any atom is 0.0966 e. The fourth-order valence-corrected chi connectivity index (χ4v) is 6.26. The maximum atomic E-state index is 2.46. The first-order valence-electron chi connectivity index (χ1n) is 5.32. The molecule has 2 heteroatoms. The maximum absolute atomic E-state index is 2.46. The number of rotatable bonds is 2. The second-order valence-corrected chi connectivity index (χ2v) is 14.8. The molecule has 0 unspecified atom stereocenters. The summed E-state index contributed by atoms with van der Waals surface area (Å²) < 4.78 is 0. The van der Waals surface area contributed by atoms with Crippen molar-refractivity contribution in [3.63, 3.8) is 0 Å². The van der Waals surface area contributed by atoms with Crippen LogP contribution in [0.3, 0.4) is 0 Å². The summed E-state index contributed by atoms with van der Waals surface area (Å²) in [6, 6.07) is 21.9. The van der Waals surface area contributed by atoms with Crippen LogP contribution in [0.2, 0.25) is 6.55 Å². The topological polar surface area (TPSA) is 0 Å². The van der Waals surface area contributed by atoms with Gasteiger partial charge in [0, 0.05) is 9.76 Å². The Morgan fingerprint density at radius 2 is 1.07 bits per heavy atom. The lowest BCUT2D eigenvalue weighted by atomic mass is 10.4.